The van der Waals surface area contributed by atoms with Crippen LogP contribution in [0.15, 0.2) is 24.3 Å². The van der Waals surface area contributed by atoms with Crippen molar-refractivity contribution in [2.75, 3.05) is 19.8 Å². The number of carbonyl (C=O) groups excluding carboxylic acids is 1. The van der Waals surface area contributed by atoms with Crippen LogP contribution >= 0.6 is 19.4 Å². The van der Waals surface area contributed by atoms with Gasteiger partial charge in [0, 0.05) is 17.9 Å². The predicted molar refractivity (Wildman–Crippen MR) is 97.6 cm³/mol. The van der Waals surface area contributed by atoms with Crippen molar-refractivity contribution in [3.8, 4) is 5.75 Å². The van der Waals surface area contributed by atoms with E-state index in [0.717, 1.165) is 0 Å². The average molecular weight is 418 g/mol. The number of ketones is 1. The van der Waals surface area contributed by atoms with Crippen molar-refractivity contribution in [3.63, 3.8) is 0 Å². The van der Waals surface area contributed by atoms with Crippen molar-refractivity contribution < 1.29 is 32.8 Å². The number of benzene rings is 1. The van der Waals surface area contributed by atoms with E-state index in [1.54, 1.807) is 12.1 Å². The minimum atomic E-state index is -4.11. The van der Waals surface area contributed by atoms with Gasteiger partial charge in [0.05, 0.1) is 12.7 Å². The third-order valence-corrected chi connectivity index (χ3v) is 5.43. The molecule has 0 amide bonds. The van der Waals surface area contributed by atoms with Gasteiger partial charge in [-0.05, 0) is 31.2 Å². The third kappa shape index (κ3) is 6.89. The zero-order valence-corrected chi connectivity index (χ0v) is 16.4. The standard InChI is InChI=1S/C17H21ClNO7P/c1-12(21)9-15-10-16(17(11-20)24-15)26-27(22,23-8-7-19-2)25-14-5-3-13(18)4-6-14/h3-6,15-17,20H,7-11H2,1H3. The molecular weight excluding hydrogens is 397 g/mol. The van der Waals surface area contributed by atoms with E-state index in [9.17, 15) is 14.5 Å². The van der Waals surface area contributed by atoms with Crippen molar-refractivity contribution in [1.82, 2.24) is 0 Å². The molecule has 2 rings (SSSR count). The molecule has 0 saturated carbocycles. The summed E-state index contributed by atoms with van der Waals surface area (Å²) in [6.45, 7) is 7.70. The lowest BCUT2D eigenvalue weighted by Gasteiger charge is -2.23. The quantitative estimate of drug-likeness (QED) is 0.354. The minimum Gasteiger partial charge on any atom is -0.404 e. The van der Waals surface area contributed by atoms with E-state index in [1.165, 1.54) is 19.1 Å². The molecule has 0 aromatic heterocycles. The molecule has 0 spiro atoms. The summed E-state index contributed by atoms with van der Waals surface area (Å²) in [6.07, 6.45) is -1.58. The lowest BCUT2D eigenvalue weighted by molar-refractivity contribution is -0.120. The van der Waals surface area contributed by atoms with Crippen molar-refractivity contribution in [2.45, 2.75) is 38.1 Å². The van der Waals surface area contributed by atoms with E-state index in [2.05, 4.69) is 4.85 Å². The molecule has 1 N–H and O–H groups in total. The number of aliphatic hydroxyl groups is 1. The van der Waals surface area contributed by atoms with Gasteiger partial charge in [0.15, 0.2) is 0 Å². The van der Waals surface area contributed by atoms with Gasteiger partial charge in [-0.25, -0.2) is 11.1 Å². The highest BCUT2D eigenvalue weighted by molar-refractivity contribution is 7.49. The normalized spacial score (nSPS) is 24.1. The predicted octanol–water partition coefficient (Wildman–Crippen LogP) is 3.28. The number of phosphoric ester groups is 1. The SMILES string of the molecule is [C-]#[N+]CCOP(=O)(Oc1ccc(Cl)cc1)OC1CC(CC(C)=O)OC1CO. The first-order chi connectivity index (χ1) is 12.8. The maximum absolute atomic E-state index is 13.1. The first-order valence-corrected chi connectivity index (χ1v) is 10.2. The zero-order chi connectivity index (χ0) is 19.9. The molecule has 1 heterocycles. The van der Waals surface area contributed by atoms with Crippen molar-refractivity contribution in [2.24, 2.45) is 0 Å². The monoisotopic (exact) mass is 417 g/mol. The molecule has 10 heteroatoms. The van der Waals surface area contributed by atoms with Gasteiger partial charge in [-0.3, -0.25) is 13.8 Å². The molecule has 1 saturated heterocycles. The fourth-order valence-electron chi connectivity index (χ4n) is 2.59. The summed E-state index contributed by atoms with van der Waals surface area (Å²) in [5, 5.41) is 9.98. The maximum Gasteiger partial charge on any atom is 0.530 e. The first kappa shape index (κ1) is 21.8. The first-order valence-electron chi connectivity index (χ1n) is 8.32. The molecule has 4 unspecified atom stereocenters. The van der Waals surface area contributed by atoms with Crippen LogP contribution in [0.2, 0.25) is 5.02 Å². The van der Waals surface area contributed by atoms with Crippen LogP contribution in [-0.2, 0) is 23.1 Å². The fourth-order valence-corrected chi connectivity index (χ4v) is 4.11. The van der Waals surface area contributed by atoms with E-state index in [-0.39, 0.29) is 44.1 Å². The Morgan fingerprint density at radius 2 is 2.15 bits per heavy atom. The van der Waals surface area contributed by atoms with Crippen molar-refractivity contribution >= 4 is 25.2 Å². The molecule has 1 aliphatic rings. The Hall–Kier alpha value is -1.46. The number of nitrogens with zero attached hydrogens (tertiary/aromatic N) is 1. The van der Waals surface area contributed by atoms with Crippen LogP contribution in [0.3, 0.4) is 0 Å². The second-order valence-electron chi connectivity index (χ2n) is 5.97. The van der Waals surface area contributed by atoms with Gasteiger partial charge in [-0.1, -0.05) is 11.6 Å². The van der Waals surface area contributed by atoms with Gasteiger partial charge >= 0.3 is 7.82 Å². The van der Waals surface area contributed by atoms with Gasteiger partial charge in [-0.2, -0.15) is 0 Å². The number of carbonyl (C=O) groups is 1. The van der Waals surface area contributed by atoms with Crippen LogP contribution < -0.4 is 4.52 Å². The number of hydrogen-bond acceptors (Lipinski definition) is 7. The summed E-state index contributed by atoms with van der Waals surface area (Å²) in [6, 6.07) is 6.12. The largest absolute Gasteiger partial charge is 0.530 e. The summed E-state index contributed by atoms with van der Waals surface area (Å²) in [5.74, 6) is 0.150. The van der Waals surface area contributed by atoms with Crippen LogP contribution in [0.1, 0.15) is 19.8 Å². The Kier molecular flexibility index (Phi) is 8.24. The number of rotatable bonds is 10. The molecule has 0 radical (unpaired) electrons. The molecular formula is C17H21ClNO7P. The molecule has 1 aromatic carbocycles. The number of hydrogen-bond donors (Lipinski definition) is 1. The zero-order valence-electron chi connectivity index (χ0n) is 14.7. The molecule has 4 atom stereocenters. The molecule has 1 aliphatic heterocycles. The smallest absolute Gasteiger partial charge is 0.404 e. The number of aliphatic hydroxyl groups excluding tert-OH is 1. The second-order valence-corrected chi connectivity index (χ2v) is 7.95. The van der Waals surface area contributed by atoms with E-state index in [1.807, 2.05) is 0 Å². The van der Waals surface area contributed by atoms with Crippen LogP contribution in [0.25, 0.3) is 4.85 Å². The van der Waals surface area contributed by atoms with Crippen molar-refractivity contribution in [3.05, 3.63) is 40.7 Å². The molecule has 1 fully saturated rings. The average Bonchev–Trinajstić information content (AvgIpc) is 2.97. The molecule has 1 aromatic rings. The number of halogens is 1. The minimum absolute atomic E-state index is 0.0190. The van der Waals surface area contributed by atoms with Crippen LogP contribution in [-0.4, -0.2) is 49.0 Å². The van der Waals surface area contributed by atoms with Gasteiger partial charge < -0.3 is 19.2 Å². The number of Topliss-reactive ketones (excluding diaryl/α,β-unsaturated/α-hetero) is 1. The third-order valence-electron chi connectivity index (χ3n) is 3.72. The molecule has 148 valence electrons. The van der Waals surface area contributed by atoms with Gasteiger partial charge in [0.25, 0.3) is 0 Å². The Bertz CT molecular complexity index is 721. The highest BCUT2D eigenvalue weighted by atomic mass is 35.5. The fraction of sp³-hybridized carbons (Fsp3) is 0.529. The highest BCUT2D eigenvalue weighted by Gasteiger charge is 2.43. The lowest BCUT2D eigenvalue weighted by atomic mass is 10.1. The van der Waals surface area contributed by atoms with Crippen LogP contribution in [0.4, 0.5) is 0 Å². The van der Waals surface area contributed by atoms with Crippen molar-refractivity contribution in [1.29, 1.82) is 0 Å². The molecule has 27 heavy (non-hydrogen) atoms. The van der Waals surface area contributed by atoms with E-state index >= 15 is 0 Å². The molecule has 0 bridgehead atoms. The highest BCUT2D eigenvalue weighted by Crippen LogP contribution is 2.52. The van der Waals surface area contributed by atoms with E-state index < -0.39 is 26.1 Å². The summed E-state index contributed by atoms with van der Waals surface area (Å²) < 4.78 is 34.9. The maximum atomic E-state index is 13.1. The summed E-state index contributed by atoms with van der Waals surface area (Å²) in [7, 11) is -4.11. The number of ether oxygens (including phenoxy) is 1. The Labute approximate surface area is 162 Å². The van der Waals surface area contributed by atoms with Gasteiger partial charge in [0.1, 0.15) is 30.3 Å². The molecule has 0 aliphatic carbocycles. The van der Waals surface area contributed by atoms with E-state index in [4.69, 9.17) is 36.5 Å². The van der Waals surface area contributed by atoms with Crippen LogP contribution in [0.5, 0.6) is 5.75 Å². The Morgan fingerprint density at radius 3 is 2.74 bits per heavy atom. The van der Waals surface area contributed by atoms with Gasteiger partial charge in [-0.15, -0.1) is 0 Å². The summed E-state index contributed by atoms with van der Waals surface area (Å²) in [5.41, 5.74) is 0. The lowest BCUT2D eigenvalue weighted by Crippen LogP contribution is -2.28. The topological polar surface area (TPSA) is 95.7 Å². The second kappa shape index (κ2) is 10.2. The Balaban J connectivity index is 2.12. The Morgan fingerprint density at radius 1 is 1.44 bits per heavy atom. The van der Waals surface area contributed by atoms with Crippen LogP contribution in [0, 0.1) is 6.57 Å². The van der Waals surface area contributed by atoms with Gasteiger partial charge in [0.2, 0.25) is 6.54 Å². The summed E-state index contributed by atoms with van der Waals surface area (Å²) in [4.78, 5) is 14.4. The number of phosphoric acid groups is 1. The molecule has 8 nitrogen and oxygen atoms in total. The van der Waals surface area contributed by atoms with E-state index in [0.29, 0.717) is 5.02 Å². The summed E-state index contributed by atoms with van der Waals surface area (Å²) >= 11 is 5.83.